The van der Waals surface area contributed by atoms with Gasteiger partial charge in [0.25, 0.3) is 0 Å². The van der Waals surface area contributed by atoms with Gasteiger partial charge in [0.1, 0.15) is 23.1 Å². The van der Waals surface area contributed by atoms with Crippen LogP contribution in [0, 0.1) is 18.6 Å². The molecule has 0 amide bonds. The van der Waals surface area contributed by atoms with Gasteiger partial charge in [0.15, 0.2) is 0 Å². The fourth-order valence-corrected chi connectivity index (χ4v) is 1.57. The van der Waals surface area contributed by atoms with Gasteiger partial charge in [-0.3, -0.25) is 0 Å². The second-order valence-corrected chi connectivity index (χ2v) is 3.58. The highest BCUT2D eigenvalue weighted by Gasteiger charge is 2.17. The topological polar surface area (TPSA) is 74.8 Å². The largest absolute Gasteiger partial charge is 0.361 e. The molecule has 0 N–H and O–H groups in total. The molecular formula is C11H8F2N4O. The zero-order valence-electron chi connectivity index (χ0n) is 9.39. The van der Waals surface area contributed by atoms with Gasteiger partial charge >= 0.3 is 0 Å². The van der Waals surface area contributed by atoms with Gasteiger partial charge in [-0.15, -0.1) is 0 Å². The third-order valence-electron chi connectivity index (χ3n) is 2.46. The maximum atomic E-state index is 13.6. The second-order valence-electron chi connectivity index (χ2n) is 3.58. The van der Waals surface area contributed by atoms with Crippen molar-refractivity contribution >= 4 is 0 Å². The number of aryl methyl sites for hydroxylation is 1. The van der Waals surface area contributed by atoms with Crippen LogP contribution in [0.4, 0.5) is 8.78 Å². The van der Waals surface area contributed by atoms with E-state index in [0.717, 1.165) is 18.2 Å². The highest BCUT2D eigenvalue weighted by atomic mass is 19.1. The molecule has 0 saturated carbocycles. The first-order valence-electron chi connectivity index (χ1n) is 5.05. The minimum Gasteiger partial charge on any atom is -0.361 e. The summed E-state index contributed by atoms with van der Waals surface area (Å²) < 4.78 is 31.7. The number of benzene rings is 1. The summed E-state index contributed by atoms with van der Waals surface area (Å²) in [6.07, 6.45) is 0. The van der Waals surface area contributed by atoms with Crippen molar-refractivity contribution in [3.8, 4) is 11.3 Å². The molecule has 0 aliphatic carbocycles. The third kappa shape index (κ3) is 2.16. The molecule has 7 heteroatoms. The van der Waals surface area contributed by atoms with Gasteiger partial charge in [0.05, 0.1) is 6.54 Å². The SMILES string of the molecule is Cc1onc(-c2cc(F)ccc2F)c1CN=[N+]=[N-]. The Hall–Kier alpha value is -2.40. The Morgan fingerprint density at radius 2 is 2.22 bits per heavy atom. The maximum Gasteiger partial charge on any atom is 0.137 e. The summed E-state index contributed by atoms with van der Waals surface area (Å²) in [6, 6.07) is 3.04. The monoisotopic (exact) mass is 250 g/mol. The molecule has 2 aromatic rings. The number of halogens is 2. The van der Waals surface area contributed by atoms with Gasteiger partial charge in [-0.25, -0.2) is 8.78 Å². The zero-order valence-corrected chi connectivity index (χ0v) is 9.39. The van der Waals surface area contributed by atoms with Gasteiger partial charge in [-0.1, -0.05) is 10.3 Å². The molecule has 0 atom stereocenters. The van der Waals surface area contributed by atoms with Gasteiger partial charge in [-0.05, 0) is 30.7 Å². The Balaban J connectivity index is 2.56. The number of rotatable bonds is 3. The third-order valence-corrected chi connectivity index (χ3v) is 2.46. The van der Waals surface area contributed by atoms with E-state index < -0.39 is 11.6 Å². The summed E-state index contributed by atoms with van der Waals surface area (Å²) in [4.78, 5) is 2.61. The standard InChI is InChI=1S/C11H8F2N4O/c1-6-9(5-15-17-14)11(16-18-6)8-4-7(12)2-3-10(8)13/h2-4H,5H2,1H3. The van der Waals surface area contributed by atoms with E-state index in [0.29, 0.717) is 11.3 Å². The van der Waals surface area contributed by atoms with Crippen molar-refractivity contribution in [1.82, 2.24) is 5.16 Å². The molecule has 0 aliphatic rings. The highest BCUT2D eigenvalue weighted by Crippen LogP contribution is 2.28. The molecular weight excluding hydrogens is 242 g/mol. The second kappa shape index (κ2) is 4.85. The predicted molar refractivity (Wildman–Crippen MR) is 59.4 cm³/mol. The van der Waals surface area contributed by atoms with Gasteiger partial charge in [0, 0.05) is 16.0 Å². The van der Waals surface area contributed by atoms with Crippen LogP contribution in [0.2, 0.25) is 0 Å². The minimum absolute atomic E-state index is 0.0185. The van der Waals surface area contributed by atoms with Crippen LogP contribution in [0.1, 0.15) is 11.3 Å². The van der Waals surface area contributed by atoms with Crippen LogP contribution in [0.15, 0.2) is 27.8 Å². The highest BCUT2D eigenvalue weighted by molar-refractivity contribution is 5.64. The number of hydrogen-bond acceptors (Lipinski definition) is 3. The van der Waals surface area contributed by atoms with E-state index in [2.05, 4.69) is 15.2 Å². The van der Waals surface area contributed by atoms with Crippen molar-refractivity contribution in [2.75, 3.05) is 0 Å². The summed E-state index contributed by atoms with van der Waals surface area (Å²) >= 11 is 0. The maximum absolute atomic E-state index is 13.6. The van der Waals surface area contributed by atoms with Crippen molar-refractivity contribution in [2.45, 2.75) is 13.5 Å². The summed E-state index contributed by atoms with van der Waals surface area (Å²) in [5.74, 6) is -0.797. The van der Waals surface area contributed by atoms with E-state index >= 15 is 0 Å². The molecule has 1 heterocycles. The Kier molecular flexibility index (Phi) is 3.25. The molecule has 2 rings (SSSR count). The van der Waals surface area contributed by atoms with Crippen LogP contribution >= 0.6 is 0 Å². The molecule has 0 fully saturated rings. The van der Waals surface area contributed by atoms with E-state index in [-0.39, 0.29) is 17.8 Å². The molecule has 0 unspecified atom stereocenters. The molecule has 1 aromatic heterocycles. The van der Waals surface area contributed by atoms with Crippen molar-refractivity contribution in [3.63, 3.8) is 0 Å². The quantitative estimate of drug-likeness (QED) is 0.472. The molecule has 0 radical (unpaired) electrons. The van der Waals surface area contributed by atoms with Crippen LogP contribution in [0.5, 0.6) is 0 Å². The van der Waals surface area contributed by atoms with Crippen LogP contribution in [-0.2, 0) is 6.54 Å². The molecule has 1 aromatic carbocycles. The lowest BCUT2D eigenvalue weighted by Gasteiger charge is -2.01. The Labute approximate surface area is 101 Å². The number of hydrogen-bond donors (Lipinski definition) is 0. The first kappa shape index (κ1) is 12.1. The van der Waals surface area contributed by atoms with Crippen molar-refractivity contribution in [3.05, 3.63) is 51.6 Å². The first-order chi connectivity index (χ1) is 8.63. The van der Waals surface area contributed by atoms with Gasteiger partial charge in [0.2, 0.25) is 0 Å². The average Bonchev–Trinajstić information content (AvgIpc) is 2.71. The smallest absolute Gasteiger partial charge is 0.137 e. The van der Waals surface area contributed by atoms with Crippen LogP contribution in [-0.4, -0.2) is 5.16 Å². The molecule has 5 nitrogen and oxygen atoms in total. The van der Waals surface area contributed by atoms with Crippen molar-refractivity contribution < 1.29 is 13.3 Å². The molecule has 0 aliphatic heterocycles. The predicted octanol–water partition coefficient (Wildman–Crippen LogP) is 3.74. The molecule has 0 bridgehead atoms. The Morgan fingerprint density at radius 3 is 2.94 bits per heavy atom. The minimum atomic E-state index is -0.619. The molecule has 0 spiro atoms. The lowest BCUT2D eigenvalue weighted by molar-refractivity contribution is 0.398. The Bertz CT molecular complexity index is 632. The molecule has 0 saturated heterocycles. The van der Waals surface area contributed by atoms with Gasteiger partial charge in [-0.2, -0.15) is 0 Å². The summed E-state index contributed by atoms with van der Waals surface area (Å²) in [7, 11) is 0. The average molecular weight is 250 g/mol. The van der Waals surface area contributed by atoms with Crippen LogP contribution in [0.3, 0.4) is 0 Å². The normalized spacial score (nSPS) is 10.2. The van der Waals surface area contributed by atoms with Crippen LogP contribution in [0.25, 0.3) is 21.7 Å². The summed E-state index contributed by atoms with van der Waals surface area (Å²) in [6.45, 7) is 1.58. The fraction of sp³-hybridized carbons (Fsp3) is 0.182. The van der Waals surface area contributed by atoms with E-state index in [4.69, 9.17) is 10.1 Å². The number of azide groups is 1. The van der Waals surface area contributed by atoms with E-state index in [1.807, 2.05) is 0 Å². The van der Waals surface area contributed by atoms with E-state index in [1.54, 1.807) is 6.92 Å². The lowest BCUT2D eigenvalue weighted by atomic mass is 10.1. The van der Waals surface area contributed by atoms with E-state index in [9.17, 15) is 8.78 Å². The zero-order chi connectivity index (χ0) is 13.1. The lowest BCUT2D eigenvalue weighted by Crippen LogP contribution is -1.91. The first-order valence-corrected chi connectivity index (χ1v) is 5.05. The van der Waals surface area contributed by atoms with Crippen molar-refractivity contribution in [1.29, 1.82) is 0 Å². The van der Waals surface area contributed by atoms with Crippen LogP contribution < -0.4 is 0 Å². The summed E-state index contributed by atoms with van der Waals surface area (Å²) in [5, 5.41) is 7.05. The van der Waals surface area contributed by atoms with Crippen molar-refractivity contribution in [2.24, 2.45) is 5.11 Å². The molecule has 92 valence electrons. The fourth-order valence-electron chi connectivity index (χ4n) is 1.57. The van der Waals surface area contributed by atoms with E-state index in [1.165, 1.54) is 0 Å². The summed E-state index contributed by atoms with van der Waals surface area (Å²) in [5.41, 5.74) is 8.86. The number of aromatic nitrogens is 1. The Morgan fingerprint density at radius 1 is 1.44 bits per heavy atom. The molecule has 18 heavy (non-hydrogen) atoms. The number of nitrogens with zero attached hydrogens (tertiary/aromatic N) is 4. The van der Waals surface area contributed by atoms with Gasteiger partial charge < -0.3 is 4.52 Å².